The molecule has 3 nitrogen and oxygen atoms in total. The highest BCUT2D eigenvalue weighted by atomic mass is 16.5. The zero-order valence-electron chi connectivity index (χ0n) is 20.6. The Morgan fingerprint density at radius 2 is 1.37 bits per heavy atom. The zero-order chi connectivity index (χ0) is 21.9. The first kappa shape index (κ1) is 26.6. The first-order chi connectivity index (χ1) is 11.9. The maximum absolute atomic E-state index is 13.9. The second kappa shape index (κ2) is 8.95. The molecule has 0 saturated carbocycles. The molecule has 0 spiro atoms. The summed E-state index contributed by atoms with van der Waals surface area (Å²) in [5.74, 6) is 0.213. The van der Waals surface area contributed by atoms with Crippen LogP contribution in [-0.4, -0.2) is 30.2 Å². The molecule has 0 N–H and O–H groups in total. The molecule has 0 aliphatic heterocycles. The van der Waals surface area contributed by atoms with E-state index in [0.29, 0.717) is 0 Å². The summed E-state index contributed by atoms with van der Waals surface area (Å²) < 4.78 is 11.9. The number of methoxy groups -OCH3 is 1. The molecule has 0 aromatic carbocycles. The Morgan fingerprint density at radius 1 is 0.889 bits per heavy atom. The topological polar surface area (TPSA) is 35.5 Å². The Labute approximate surface area is 170 Å². The maximum atomic E-state index is 13.9. The summed E-state index contributed by atoms with van der Waals surface area (Å²) in [7, 11) is 1.72. The molecule has 2 atom stereocenters. The Bertz CT molecular complexity index is 488. The van der Waals surface area contributed by atoms with Gasteiger partial charge in [-0.3, -0.25) is 4.79 Å². The van der Waals surface area contributed by atoms with Gasteiger partial charge >= 0.3 is 0 Å². The summed E-state index contributed by atoms with van der Waals surface area (Å²) in [6.45, 7) is 25.5. The minimum atomic E-state index is -0.839. The van der Waals surface area contributed by atoms with Crippen LogP contribution in [0.2, 0.25) is 0 Å². The number of hydrogen-bond donors (Lipinski definition) is 0. The van der Waals surface area contributed by atoms with E-state index in [4.69, 9.17) is 9.47 Å². The van der Waals surface area contributed by atoms with Crippen LogP contribution in [0, 0.1) is 16.2 Å². The second-order valence-electron chi connectivity index (χ2n) is 11.2. The SMILES string of the molecule is CCC(C)(C)CC(C)(C(=O)C(C)(C)OC(C)CC(C)(C)OC)C(C)(C)CC. The van der Waals surface area contributed by atoms with E-state index in [9.17, 15) is 4.79 Å². The number of carbonyl (C=O) groups excluding carboxylic acids is 1. The lowest BCUT2D eigenvalue weighted by Gasteiger charge is -2.50. The third-order valence-corrected chi connectivity index (χ3v) is 7.04. The Balaban J connectivity index is 5.77. The number of Topliss-reactive ketones (excluding diaryl/α,β-unsaturated/α-hetero) is 1. The van der Waals surface area contributed by atoms with Crippen molar-refractivity contribution in [1.29, 1.82) is 0 Å². The van der Waals surface area contributed by atoms with Gasteiger partial charge in [0, 0.05) is 18.9 Å². The molecular weight excluding hydrogens is 336 g/mol. The number of carbonyl (C=O) groups is 1. The minimum absolute atomic E-state index is 0.0629. The van der Waals surface area contributed by atoms with Crippen molar-refractivity contribution in [1.82, 2.24) is 0 Å². The van der Waals surface area contributed by atoms with Crippen LogP contribution < -0.4 is 0 Å². The first-order valence-electron chi connectivity index (χ1n) is 10.7. The normalized spacial score (nSPS) is 17.5. The molecule has 0 fully saturated rings. The fraction of sp³-hybridized carbons (Fsp3) is 0.958. The summed E-state index contributed by atoms with van der Waals surface area (Å²) >= 11 is 0. The summed E-state index contributed by atoms with van der Waals surface area (Å²) in [6.07, 6.45) is 3.55. The number of hydrogen-bond acceptors (Lipinski definition) is 3. The van der Waals surface area contributed by atoms with Crippen LogP contribution in [0.3, 0.4) is 0 Å². The zero-order valence-corrected chi connectivity index (χ0v) is 20.6. The summed E-state index contributed by atoms with van der Waals surface area (Å²) in [4.78, 5) is 13.9. The molecule has 0 saturated heterocycles. The number of ketones is 1. The average Bonchev–Trinajstić information content (AvgIpc) is 2.52. The number of ether oxygens (including phenoxy) is 2. The van der Waals surface area contributed by atoms with Gasteiger partial charge in [-0.05, 0) is 51.9 Å². The Morgan fingerprint density at radius 3 is 1.74 bits per heavy atom. The predicted octanol–water partition coefficient (Wildman–Crippen LogP) is 6.82. The lowest BCUT2D eigenvalue weighted by molar-refractivity contribution is -0.169. The van der Waals surface area contributed by atoms with Gasteiger partial charge in [0.05, 0.1) is 11.7 Å². The average molecular weight is 385 g/mol. The predicted molar refractivity (Wildman–Crippen MR) is 116 cm³/mol. The van der Waals surface area contributed by atoms with Crippen LogP contribution in [0.1, 0.15) is 109 Å². The standard InChI is InChI=1S/C24H48O3/c1-14-20(4,5)17-24(12,21(6,7)15-2)19(25)23(10,11)27-18(3)16-22(8,9)26-13/h18H,14-17H2,1-13H3. The molecule has 27 heavy (non-hydrogen) atoms. The van der Waals surface area contributed by atoms with Gasteiger partial charge in [-0.15, -0.1) is 0 Å². The minimum Gasteiger partial charge on any atom is -0.379 e. The Kier molecular flexibility index (Phi) is 8.81. The third-order valence-electron chi connectivity index (χ3n) is 7.04. The second-order valence-corrected chi connectivity index (χ2v) is 11.2. The van der Waals surface area contributed by atoms with Crippen molar-refractivity contribution in [2.75, 3.05) is 7.11 Å². The van der Waals surface area contributed by atoms with Crippen molar-refractivity contribution in [3.8, 4) is 0 Å². The lowest BCUT2D eigenvalue weighted by Crippen LogP contribution is -2.54. The van der Waals surface area contributed by atoms with E-state index in [0.717, 1.165) is 25.7 Å². The Hall–Kier alpha value is -0.410. The molecular formula is C24H48O3. The van der Waals surface area contributed by atoms with Crippen molar-refractivity contribution in [2.24, 2.45) is 16.2 Å². The molecule has 0 amide bonds. The van der Waals surface area contributed by atoms with Crippen LogP contribution >= 0.6 is 0 Å². The van der Waals surface area contributed by atoms with Gasteiger partial charge < -0.3 is 9.47 Å². The largest absolute Gasteiger partial charge is 0.379 e. The molecule has 0 rings (SSSR count). The molecule has 0 heterocycles. The van der Waals surface area contributed by atoms with Crippen molar-refractivity contribution >= 4 is 5.78 Å². The van der Waals surface area contributed by atoms with Crippen molar-refractivity contribution in [3.63, 3.8) is 0 Å². The maximum Gasteiger partial charge on any atom is 0.170 e. The van der Waals surface area contributed by atoms with Gasteiger partial charge in [0.1, 0.15) is 5.60 Å². The molecule has 0 bridgehead atoms. The molecule has 0 aromatic heterocycles. The smallest absolute Gasteiger partial charge is 0.170 e. The first-order valence-corrected chi connectivity index (χ1v) is 10.7. The van der Waals surface area contributed by atoms with Gasteiger partial charge in [0.15, 0.2) is 5.78 Å². The summed E-state index contributed by atoms with van der Waals surface area (Å²) in [5.41, 5.74) is -1.56. The van der Waals surface area contributed by atoms with E-state index in [1.54, 1.807) is 7.11 Å². The van der Waals surface area contributed by atoms with Crippen LogP contribution in [0.15, 0.2) is 0 Å². The van der Waals surface area contributed by atoms with Gasteiger partial charge in [0.25, 0.3) is 0 Å². The fourth-order valence-corrected chi connectivity index (χ4v) is 4.14. The van der Waals surface area contributed by atoms with Crippen LogP contribution in [0.25, 0.3) is 0 Å². The molecule has 162 valence electrons. The lowest BCUT2D eigenvalue weighted by atomic mass is 9.55. The van der Waals surface area contributed by atoms with Gasteiger partial charge in [0.2, 0.25) is 0 Å². The molecule has 0 aliphatic carbocycles. The summed E-state index contributed by atoms with van der Waals surface area (Å²) in [5, 5.41) is 0. The van der Waals surface area contributed by atoms with E-state index in [1.807, 2.05) is 20.8 Å². The van der Waals surface area contributed by atoms with E-state index in [2.05, 4.69) is 62.3 Å². The highest BCUT2D eigenvalue weighted by Gasteiger charge is 2.53. The quantitative estimate of drug-likeness (QED) is 0.370. The third kappa shape index (κ3) is 6.85. The van der Waals surface area contributed by atoms with E-state index in [1.165, 1.54) is 0 Å². The van der Waals surface area contributed by atoms with Gasteiger partial charge in [-0.25, -0.2) is 0 Å². The van der Waals surface area contributed by atoms with E-state index >= 15 is 0 Å². The van der Waals surface area contributed by atoms with Gasteiger partial charge in [-0.1, -0.05) is 61.3 Å². The van der Waals surface area contributed by atoms with E-state index in [-0.39, 0.29) is 28.3 Å². The van der Waals surface area contributed by atoms with Crippen molar-refractivity contribution < 1.29 is 14.3 Å². The number of rotatable bonds is 12. The van der Waals surface area contributed by atoms with Crippen LogP contribution in [-0.2, 0) is 14.3 Å². The monoisotopic (exact) mass is 384 g/mol. The highest BCUT2D eigenvalue weighted by molar-refractivity contribution is 5.92. The fourth-order valence-electron chi connectivity index (χ4n) is 4.14. The van der Waals surface area contributed by atoms with Gasteiger partial charge in [-0.2, -0.15) is 0 Å². The van der Waals surface area contributed by atoms with Crippen molar-refractivity contribution in [2.45, 2.75) is 126 Å². The highest BCUT2D eigenvalue weighted by Crippen LogP contribution is 2.52. The van der Waals surface area contributed by atoms with Crippen LogP contribution in [0.5, 0.6) is 0 Å². The van der Waals surface area contributed by atoms with Crippen molar-refractivity contribution in [3.05, 3.63) is 0 Å². The molecule has 2 unspecified atom stereocenters. The van der Waals surface area contributed by atoms with E-state index < -0.39 is 11.0 Å². The molecule has 0 radical (unpaired) electrons. The summed E-state index contributed by atoms with van der Waals surface area (Å²) in [6, 6.07) is 0. The molecule has 3 heteroatoms. The van der Waals surface area contributed by atoms with Crippen LogP contribution in [0.4, 0.5) is 0 Å². The molecule has 0 aromatic rings. The molecule has 0 aliphatic rings.